The summed E-state index contributed by atoms with van der Waals surface area (Å²) in [5.74, 6) is -0.377. The Morgan fingerprint density at radius 2 is 2.00 bits per heavy atom. The summed E-state index contributed by atoms with van der Waals surface area (Å²) in [6.07, 6.45) is 3.68. The maximum atomic E-state index is 11.0. The van der Waals surface area contributed by atoms with Crippen LogP contribution in [0.15, 0.2) is 24.3 Å². The lowest BCUT2D eigenvalue weighted by atomic mass is 9.96. The van der Waals surface area contributed by atoms with Crippen LogP contribution in [0.25, 0.3) is 0 Å². The molecule has 0 radical (unpaired) electrons. The van der Waals surface area contributed by atoms with Gasteiger partial charge < -0.3 is 11.5 Å². The second kappa shape index (κ2) is 7.62. The Morgan fingerprint density at radius 3 is 2.55 bits per heavy atom. The SMILES string of the molecule is CC(N)C1CCCCN1Cc1ccc(C(N)=O)cc1.Cl. The van der Waals surface area contributed by atoms with Crippen LogP contribution in [-0.4, -0.2) is 29.4 Å². The Balaban J connectivity index is 0.00000200. The zero-order valence-electron chi connectivity index (χ0n) is 11.9. The number of hydrogen-bond acceptors (Lipinski definition) is 3. The van der Waals surface area contributed by atoms with Crippen molar-refractivity contribution in [2.24, 2.45) is 11.5 Å². The molecule has 112 valence electrons. The topological polar surface area (TPSA) is 72.3 Å². The van der Waals surface area contributed by atoms with E-state index in [-0.39, 0.29) is 24.4 Å². The minimum Gasteiger partial charge on any atom is -0.366 e. The number of piperidine rings is 1. The monoisotopic (exact) mass is 297 g/mol. The molecule has 5 heteroatoms. The Hall–Kier alpha value is -1.10. The number of primary amides is 1. The number of nitrogens with two attached hydrogens (primary N) is 2. The maximum Gasteiger partial charge on any atom is 0.248 e. The number of likely N-dealkylation sites (tertiary alicyclic amines) is 1. The van der Waals surface area contributed by atoms with Gasteiger partial charge in [-0.05, 0) is 44.0 Å². The third kappa shape index (κ3) is 4.20. The van der Waals surface area contributed by atoms with E-state index in [1.165, 1.54) is 24.8 Å². The second-order valence-corrected chi connectivity index (χ2v) is 5.45. The lowest BCUT2D eigenvalue weighted by molar-refractivity contribution is 0.1000. The molecule has 1 aromatic carbocycles. The summed E-state index contributed by atoms with van der Waals surface area (Å²) >= 11 is 0. The molecule has 1 heterocycles. The molecule has 0 aliphatic carbocycles. The molecule has 0 saturated carbocycles. The van der Waals surface area contributed by atoms with Gasteiger partial charge in [-0.3, -0.25) is 9.69 Å². The van der Waals surface area contributed by atoms with Crippen molar-refractivity contribution >= 4 is 18.3 Å². The molecular formula is C15H24ClN3O. The highest BCUT2D eigenvalue weighted by Crippen LogP contribution is 2.21. The normalized spacial score (nSPS) is 21.0. The molecule has 2 atom stereocenters. The first kappa shape index (κ1) is 17.0. The van der Waals surface area contributed by atoms with E-state index >= 15 is 0 Å². The van der Waals surface area contributed by atoms with Crippen molar-refractivity contribution in [1.82, 2.24) is 4.90 Å². The number of nitrogens with zero attached hydrogens (tertiary/aromatic N) is 1. The Morgan fingerprint density at radius 1 is 1.35 bits per heavy atom. The molecule has 0 aromatic heterocycles. The fraction of sp³-hybridized carbons (Fsp3) is 0.533. The molecule has 1 fully saturated rings. The number of amides is 1. The van der Waals surface area contributed by atoms with E-state index in [4.69, 9.17) is 11.5 Å². The molecule has 1 aliphatic heterocycles. The predicted octanol–water partition coefficient (Wildman–Crippen LogP) is 1.91. The first-order valence-electron chi connectivity index (χ1n) is 6.96. The maximum absolute atomic E-state index is 11.0. The third-order valence-electron chi connectivity index (χ3n) is 3.90. The smallest absolute Gasteiger partial charge is 0.248 e. The summed E-state index contributed by atoms with van der Waals surface area (Å²) in [4.78, 5) is 13.5. The number of benzene rings is 1. The summed E-state index contributed by atoms with van der Waals surface area (Å²) in [6, 6.07) is 8.21. The molecule has 4 N–H and O–H groups in total. The van der Waals surface area contributed by atoms with Crippen molar-refractivity contribution in [2.75, 3.05) is 6.54 Å². The standard InChI is InChI=1S/C15H23N3O.ClH/c1-11(16)14-4-2-3-9-18(14)10-12-5-7-13(8-6-12)15(17)19;/h5-8,11,14H,2-4,9-10,16H2,1H3,(H2,17,19);1H. The average Bonchev–Trinajstić information content (AvgIpc) is 2.39. The van der Waals surface area contributed by atoms with Gasteiger partial charge >= 0.3 is 0 Å². The van der Waals surface area contributed by atoms with Crippen molar-refractivity contribution < 1.29 is 4.79 Å². The van der Waals surface area contributed by atoms with Crippen molar-refractivity contribution in [3.63, 3.8) is 0 Å². The highest BCUT2D eigenvalue weighted by Gasteiger charge is 2.25. The molecule has 0 spiro atoms. The van der Waals surface area contributed by atoms with Gasteiger partial charge in [-0.1, -0.05) is 18.6 Å². The van der Waals surface area contributed by atoms with E-state index in [0.717, 1.165) is 13.1 Å². The Bertz CT molecular complexity index is 433. The van der Waals surface area contributed by atoms with Gasteiger partial charge in [0.15, 0.2) is 0 Å². The van der Waals surface area contributed by atoms with E-state index in [0.29, 0.717) is 11.6 Å². The summed E-state index contributed by atoms with van der Waals surface area (Å²) < 4.78 is 0. The van der Waals surface area contributed by atoms with Crippen LogP contribution in [-0.2, 0) is 6.54 Å². The summed E-state index contributed by atoms with van der Waals surface area (Å²) in [7, 11) is 0. The predicted molar refractivity (Wildman–Crippen MR) is 83.9 cm³/mol. The lowest BCUT2D eigenvalue weighted by Crippen LogP contribution is -2.48. The van der Waals surface area contributed by atoms with Crippen LogP contribution in [0.5, 0.6) is 0 Å². The van der Waals surface area contributed by atoms with Gasteiger partial charge in [0.2, 0.25) is 5.91 Å². The molecule has 0 bridgehead atoms. The summed E-state index contributed by atoms with van der Waals surface area (Å²) in [5, 5.41) is 0. The summed E-state index contributed by atoms with van der Waals surface area (Å²) in [6.45, 7) is 4.08. The van der Waals surface area contributed by atoms with Gasteiger partial charge in [0, 0.05) is 24.2 Å². The molecule has 20 heavy (non-hydrogen) atoms. The van der Waals surface area contributed by atoms with Gasteiger partial charge in [0.1, 0.15) is 0 Å². The van der Waals surface area contributed by atoms with Crippen molar-refractivity contribution in [3.05, 3.63) is 35.4 Å². The highest BCUT2D eigenvalue weighted by atomic mass is 35.5. The second-order valence-electron chi connectivity index (χ2n) is 5.45. The Kier molecular flexibility index (Phi) is 6.46. The van der Waals surface area contributed by atoms with Crippen LogP contribution < -0.4 is 11.5 Å². The van der Waals surface area contributed by atoms with Crippen molar-refractivity contribution in [3.8, 4) is 0 Å². The van der Waals surface area contributed by atoms with Crippen LogP contribution in [0.2, 0.25) is 0 Å². The van der Waals surface area contributed by atoms with Crippen LogP contribution in [0, 0.1) is 0 Å². The van der Waals surface area contributed by atoms with Crippen LogP contribution in [0.4, 0.5) is 0 Å². The Labute approximate surface area is 126 Å². The van der Waals surface area contributed by atoms with Gasteiger partial charge in [-0.2, -0.15) is 0 Å². The van der Waals surface area contributed by atoms with Crippen LogP contribution >= 0.6 is 12.4 Å². The van der Waals surface area contributed by atoms with E-state index < -0.39 is 0 Å². The lowest BCUT2D eigenvalue weighted by Gasteiger charge is -2.38. The van der Waals surface area contributed by atoms with E-state index in [1.54, 1.807) is 12.1 Å². The quantitative estimate of drug-likeness (QED) is 0.891. The number of halogens is 1. The third-order valence-corrected chi connectivity index (χ3v) is 3.90. The molecule has 2 rings (SSSR count). The van der Waals surface area contributed by atoms with Crippen molar-refractivity contribution in [1.29, 1.82) is 0 Å². The molecule has 2 unspecified atom stereocenters. The first-order chi connectivity index (χ1) is 9.08. The number of carbonyl (C=O) groups excluding carboxylic acids is 1. The van der Waals surface area contributed by atoms with Gasteiger partial charge in [0.05, 0.1) is 0 Å². The number of hydrogen-bond donors (Lipinski definition) is 2. The molecule has 1 aliphatic rings. The average molecular weight is 298 g/mol. The zero-order valence-corrected chi connectivity index (χ0v) is 12.7. The van der Waals surface area contributed by atoms with E-state index in [9.17, 15) is 4.79 Å². The first-order valence-corrected chi connectivity index (χ1v) is 6.96. The minimum absolute atomic E-state index is 0. The summed E-state index contributed by atoms with van der Waals surface area (Å²) in [5.41, 5.74) is 13.1. The fourth-order valence-corrected chi connectivity index (χ4v) is 2.82. The molecule has 4 nitrogen and oxygen atoms in total. The van der Waals surface area contributed by atoms with E-state index in [2.05, 4.69) is 11.8 Å². The number of rotatable bonds is 4. The van der Waals surface area contributed by atoms with E-state index in [1.807, 2.05) is 12.1 Å². The van der Waals surface area contributed by atoms with Gasteiger partial charge in [-0.25, -0.2) is 0 Å². The fourth-order valence-electron chi connectivity index (χ4n) is 2.82. The van der Waals surface area contributed by atoms with Crippen LogP contribution in [0.3, 0.4) is 0 Å². The largest absolute Gasteiger partial charge is 0.366 e. The van der Waals surface area contributed by atoms with Crippen LogP contribution in [0.1, 0.15) is 42.1 Å². The van der Waals surface area contributed by atoms with Gasteiger partial charge in [-0.15, -0.1) is 12.4 Å². The highest BCUT2D eigenvalue weighted by molar-refractivity contribution is 5.92. The van der Waals surface area contributed by atoms with Gasteiger partial charge in [0.25, 0.3) is 0 Å². The minimum atomic E-state index is -0.377. The number of carbonyl (C=O) groups is 1. The molecule has 1 saturated heterocycles. The molecule has 1 amide bonds. The molecular weight excluding hydrogens is 274 g/mol. The molecule has 1 aromatic rings. The van der Waals surface area contributed by atoms with Crippen molar-refractivity contribution in [2.45, 2.75) is 44.8 Å². The zero-order chi connectivity index (χ0) is 13.8.